The van der Waals surface area contributed by atoms with Crippen LogP contribution in [0.1, 0.15) is 51.2 Å². The molecule has 0 N–H and O–H groups in total. The molecule has 1 aromatic heterocycles. The molecule has 6 rings (SSSR count). The van der Waals surface area contributed by atoms with Gasteiger partial charge in [-0.05, 0) is 81.5 Å². The van der Waals surface area contributed by atoms with Gasteiger partial charge in [0.15, 0.2) is 0 Å². The summed E-state index contributed by atoms with van der Waals surface area (Å²) >= 11 is 0. The molecule has 0 bridgehead atoms. The van der Waals surface area contributed by atoms with Crippen molar-refractivity contribution in [2.24, 2.45) is 0 Å². The van der Waals surface area contributed by atoms with E-state index in [9.17, 15) is 4.79 Å². The summed E-state index contributed by atoms with van der Waals surface area (Å²) in [4.78, 5) is 34.3. The van der Waals surface area contributed by atoms with Gasteiger partial charge in [-0.15, -0.1) is 0 Å². The van der Waals surface area contributed by atoms with Crippen LogP contribution < -0.4 is 19.1 Å². The zero-order valence-corrected chi connectivity index (χ0v) is 31.3. The van der Waals surface area contributed by atoms with E-state index in [-0.39, 0.29) is 25.1 Å². The molecular formula is C41H52N4O7. The number of hydrogen-bond acceptors (Lipinski definition) is 8. The molecule has 11 heteroatoms. The van der Waals surface area contributed by atoms with E-state index in [4.69, 9.17) is 23.7 Å². The van der Waals surface area contributed by atoms with Gasteiger partial charge in [-0.3, -0.25) is 4.79 Å². The SMILES string of the molecule is COCCCn1cc(CN(C(=O)C2CN(C(=O)OC(C)(C)C)CCN2c2ccccc2OCc2cc(OC)cc(OC)c2)C2CC2)c2ccccc21. The first-order valence-electron chi connectivity index (χ1n) is 18.1. The Morgan fingerprint density at radius 3 is 2.31 bits per heavy atom. The molecule has 1 unspecified atom stereocenters. The van der Waals surface area contributed by atoms with Gasteiger partial charge in [0.05, 0.1) is 26.5 Å². The number of carbonyl (C=O) groups excluding carboxylic acids is 2. The van der Waals surface area contributed by atoms with Crippen LogP contribution in [0.4, 0.5) is 10.5 Å². The molecule has 0 radical (unpaired) electrons. The van der Waals surface area contributed by atoms with E-state index in [2.05, 4.69) is 39.9 Å². The number of para-hydroxylation sites is 3. The van der Waals surface area contributed by atoms with Crippen molar-refractivity contribution in [3.63, 3.8) is 0 Å². The van der Waals surface area contributed by atoms with Crippen molar-refractivity contribution in [2.75, 3.05) is 52.5 Å². The fourth-order valence-electron chi connectivity index (χ4n) is 6.86. The molecule has 1 saturated heterocycles. The molecule has 1 atom stereocenters. The van der Waals surface area contributed by atoms with Gasteiger partial charge in [0.2, 0.25) is 5.91 Å². The van der Waals surface area contributed by atoms with Gasteiger partial charge < -0.3 is 43.0 Å². The van der Waals surface area contributed by atoms with Gasteiger partial charge in [-0.2, -0.15) is 0 Å². The van der Waals surface area contributed by atoms with Crippen molar-refractivity contribution in [1.82, 2.24) is 14.4 Å². The first-order valence-corrected chi connectivity index (χ1v) is 18.1. The molecule has 2 aliphatic rings. The molecule has 1 aliphatic carbocycles. The van der Waals surface area contributed by atoms with Gasteiger partial charge in [0.1, 0.15) is 35.5 Å². The number of amides is 2. The number of aromatic nitrogens is 1. The predicted molar refractivity (Wildman–Crippen MR) is 201 cm³/mol. The van der Waals surface area contributed by atoms with E-state index in [0.29, 0.717) is 43.5 Å². The second-order valence-electron chi connectivity index (χ2n) is 14.5. The number of piperazine rings is 1. The number of rotatable bonds is 14. The number of hydrogen-bond donors (Lipinski definition) is 0. The Balaban J connectivity index is 1.31. The molecular weight excluding hydrogens is 660 g/mol. The zero-order valence-electron chi connectivity index (χ0n) is 31.3. The van der Waals surface area contributed by atoms with Crippen molar-refractivity contribution >= 4 is 28.6 Å². The van der Waals surface area contributed by atoms with Crippen LogP contribution >= 0.6 is 0 Å². The Kier molecular flexibility index (Phi) is 11.5. The normalized spacial score (nSPS) is 16.2. The maximum absolute atomic E-state index is 15.0. The summed E-state index contributed by atoms with van der Waals surface area (Å²) in [6.07, 6.45) is 4.56. The molecule has 4 aromatic rings. The summed E-state index contributed by atoms with van der Waals surface area (Å²) in [5, 5.41) is 1.14. The third-order valence-electron chi connectivity index (χ3n) is 9.53. The van der Waals surface area contributed by atoms with Crippen LogP contribution in [0.15, 0.2) is 72.9 Å². The molecule has 2 fully saturated rings. The summed E-state index contributed by atoms with van der Waals surface area (Å²) in [5.74, 6) is 1.98. The Bertz CT molecular complexity index is 1820. The lowest BCUT2D eigenvalue weighted by atomic mass is 10.1. The molecule has 11 nitrogen and oxygen atoms in total. The fraction of sp³-hybridized carbons (Fsp3) is 0.463. The van der Waals surface area contributed by atoms with E-state index in [1.165, 1.54) is 0 Å². The maximum Gasteiger partial charge on any atom is 0.410 e. The molecule has 3 aromatic carbocycles. The minimum atomic E-state index is -0.658. The standard InChI is InChI=1S/C41H52N4O7/c1-41(2,3)52-40(47)43-19-20-44(36-14-9-10-15-38(36)51-28-29-22-32(49-5)24-33(23-29)50-6)37(27-43)39(46)45(31-16-17-31)26-30-25-42(18-11-21-48-4)35-13-8-7-12-34(30)35/h7-10,12-15,22-25,31,37H,11,16-21,26-28H2,1-6H3. The molecule has 0 spiro atoms. The summed E-state index contributed by atoms with van der Waals surface area (Å²) in [7, 11) is 4.96. The van der Waals surface area contributed by atoms with Gasteiger partial charge in [-0.1, -0.05) is 30.3 Å². The molecule has 52 heavy (non-hydrogen) atoms. The average molecular weight is 713 g/mol. The Labute approximate surface area is 306 Å². The number of aryl methyl sites for hydroxylation is 1. The van der Waals surface area contributed by atoms with Crippen LogP contribution in [0.25, 0.3) is 10.9 Å². The topological polar surface area (TPSA) is 94.9 Å². The monoisotopic (exact) mass is 712 g/mol. The summed E-state index contributed by atoms with van der Waals surface area (Å²) in [6, 6.07) is 21.3. The van der Waals surface area contributed by atoms with Crippen molar-refractivity contribution < 1.29 is 33.3 Å². The van der Waals surface area contributed by atoms with Crippen molar-refractivity contribution in [3.8, 4) is 17.2 Å². The average Bonchev–Trinajstić information content (AvgIpc) is 3.93. The van der Waals surface area contributed by atoms with Gasteiger partial charge in [0, 0.05) is 69.1 Å². The molecule has 2 heterocycles. The summed E-state index contributed by atoms with van der Waals surface area (Å²) in [6.45, 7) is 8.85. The Hall–Kier alpha value is -4.90. The number of carbonyl (C=O) groups is 2. The number of benzene rings is 3. The summed E-state index contributed by atoms with van der Waals surface area (Å²) in [5.41, 5.74) is 3.28. The predicted octanol–water partition coefficient (Wildman–Crippen LogP) is 6.89. The zero-order chi connectivity index (χ0) is 36.8. The van der Waals surface area contributed by atoms with E-state index in [0.717, 1.165) is 53.5 Å². The second-order valence-corrected chi connectivity index (χ2v) is 14.5. The lowest BCUT2D eigenvalue weighted by Crippen LogP contribution is -2.61. The lowest BCUT2D eigenvalue weighted by molar-refractivity contribution is -0.134. The highest BCUT2D eigenvalue weighted by Crippen LogP contribution is 2.36. The number of methoxy groups -OCH3 is 3. The Morgan fingerprint density at radius 1 is 0.904 bits per heavy atom. The molecule has 278 valence electrons. The van der Waals surface area contributed by atoms with Gasteiger partial charge in [0.25, 0.3) is 0 Å². The minimum Gasteiger partial charge on any atom is -0.497 e. The van der Waals surface area contributed by atoms with Gasteiger partial charge >= 0.3 is 6.09 Å². The highest BCUT2D eigenvalue weighted by Gasteiger charge is 2.43. The van der Waals surface area contributed by atoms with Crippen LogP contribution in [0, 0.1) is 0 Å². The third kappa shape index (κ3) is 8.75. The fourth-order valence-corrected chi connectivity index (χ4v) is 6.86. The third-order valence-corrected chi connectivity index (χ3v) is 9.53. The van der Waals surface area contributed by atoms with E-state index >= 15 is 4.79 Å². The molecule has 1 aliphatic heterocycles. The first kappa shape index (κ1) is 36.9. The second kappa shape index (κ2) is 16.2. The van der Waals surface area contributed by atoms with Crippen LogP contribution in [0.2, 0.25) is 0 Å². The van der Waals surface area contributed by atoms with E-state index < -0.39 is 17.7 Å². The number of anilines is 1. The number of nitrogens with zero attached hydrogens (tertiary/aromatic N) is 4. The van der Waals surface area contributed by atoms with Crippen LogP contribution in [-0.4, -0.2) is 91.6 Å². The largest absolute Gasteiger partial charge is 0.497 e. The Morgan fingerprint density at radius 2 is 1.62 bits per heavy atom. The van der Waals surface area contributed by atoms with Crippen molar-refractivity contribution in [1.29, 1.82) is 0 Å². The van der Waals surface area contributed by atoms with Crippen molar-refractivity contribution in [2.45, 2.75) is 77.4 Å². The smallest absolute Gasteiger partial charge is 0.410 e. The van der Waals surface area contributed by atoms with Crippen LogP contribution in [0.5, 0.6) is 17.2 Å². The number of fused-ring (bicyclic) bond motifs is 1. The quantitative estimate of drug-likeness (QED) is 0.131. The highest BCUT2D eigenvalue weighted by molar-refractivity contribution is 5.89. The summed E-state index contributed by atoms with van der Waals surface area (Å²) < 4.78 is 30.8. The molecule has 2 amide bonds. The van der Waals surface area contributed by atoms with Crippen molar-refractivity contribution in [3.05, 3.63) is 84.1 Å². The van der Waals surface area contributed by atoms with E-state index in [1.807, 2.05) is 68.1 Å². The van der Waals surface area contributed by atoms with Crippen LogP contribution in [0.3, 0.4) is 0 Å². The lowest BCUT2D eigenvalue weighted by Gasteiger charge is -2.44. The number of ether oxygens (including phenoxy) is 5. The van der Waals surface area contributed by atoms with Gasteiger partial charge in [-0.25, -0.2) is 4.79 Å². The maximum atomic E-state index is 15.0. The first-order chi connectivity index (χ1) is 25.1. The molecule has 1 saturated carbocycles. The minimum absolute atomic E-state index is 0.0145. The van der Waals surface area contributed by atoms with Crippen LogP contribution in [-0.2, 0) is 34.0 Å². The highest BCUT2D eigenvalue weighted by atomic mass is 16.6. The van der Waals surface area contributed by atoms with E-state index in [1.54, 1.807) is 26.2 Å².